The average Bonchev–Trinajstić information content (AvgIpc) is 2.49. The molecule has 112 valence electrons. The number of benzene rings is 1. The molecule has 21 heavy (non-hydrogen) atoms. The van der Waals surface area contributed by atoms with E-state index in [4.69, 9.17) is 10.4 Å². The summed E-state index contributed by atoms with van der Waals surface area (Å²) in [5.41, 5.74) is 2.32. The summed E-state index contributed by atoms with van der Waals surface area (Å²) in [5.74, 6) is -1.21. The Kier molecular flexibility index (Phi) is 6.82. The lowest BCUT2D eigenvalue weighted by atomic mass is 10.1. The molecule has 0 spiro atoms. The van der Waals surface area contributed by atoms with Crippen LogP contribution < -0.4 is 10.6 Å². The molecule has 0 heterocycles. The first kappa shape index (κ1) is 16.6. The van der Waals surface area contributed by atoms with Crippen LogP contribution in [0.2, 0.25) is 0 Å². The van der Waals surface area contributed by atoms with E-state index in [9.17, 15) is 4.79 Å². The maximum atomic E-state index is 10.9. The molecular weight excluding hydrogens is 266 g/mol. The number of hydrogen-bond acceptors (Lipinski definition) is 4. The molecule has 0 radical (unpaired) electrons. The molecule has 0 atom stereocenters. The van der Waals surface area contributed by atoms with Crippen molar-refractivity contribution >= 4 is 23.4 Å². The molecule has 0 aromatic heterocycles. The second-order valence-corrected chi connectivity index (χ2v) is 4.63. The number of nitriles is 1. The van der Waals surface area contributed by atoms with Gasteiger partial charge >= 0.3 is 5.97 Å². The van der Waals surface area contributed by atoms with Gasteiger partial charge in [-0.15, -0.1) is 0 Å². The number of carboxylic acid groups (broad SMARTS) is 1. The Morgan fingerprint density at radius 1 is 1.24 bits per heavy atom. The van der Waals surface area contributed by atoms with Crippen LogP contribution in [0.25, 0.3) is 6.08 Å². The second kappa shape index (κ2) is 8.64. The van der Waals surface area contributed by atoms with Crippen molar-refractivity contribution < 1.29 is 9.90 Å². The third-order valence-electron chi connectivity index (χ3n) is 2.84. The maximum Gasteiger partial charge on any atom is 0.346 e. The molecule has 0 bridgehead atoms. The Morgan fingerprint density at radius 2 is 1.86 bits per heavy atom. The van der Waals surface area contributed by atoms with Gasteiger partial charge in [0.05, 0.1) is 11.4 Å². The minimum Gasteiger partial charge on any atom is -0.477 e. The quantitative estimate of drug-likeness (QED) is 0.504. The zero-order valence-electron chi connectivity index (χ0n) is 12.4. The Hall–Kier alpha value is -2.48. The predicted octanol–water partition coefficient (Wildman–Crippen LogP) is 3.32. The molecule has 0 unspecified atom stereocenters. The summed E-state index contributed by atoms with van der Waals surface area (Å²) >= 11 is 0. The molecular formula is C16H21N3O2. The lowest BCUT2D eigenvalue weighted by molar-refractivity contribution is -0.132. The Morgan fingerprint density at radius 3 is 2.38 bits per heavy atom. The van der Waals surface area contributed by atoms with E-state index in [1.807, 2.05) is 12.1 Å². The van der Waals surface area contributed by atoms with E-state index in [-0.39, 0.29) is 5.57 Å². The third kappa shape index (κ3) is 5.19. The molecule has 0 saturated carbocycles. The van der Waals surface area contributed by atoms with Gasteiger partial charge < -0.3 is 15.7 Å². The first-order chi connectivity index (χ1) is 10.1. The summed E-state index contributed by atoms with van der Waals surface area (Å²) in [7, 11) is 0. The zero-order valence-corrected chi connectivity index (χ0v) is 12.4. The molecule has 0 aliphatic heterocycles. The maximum absolute atomic E-state index is 10.9. The summed E-state index contributed by atoms with van der Waals surface area (Å²) in [6.07, 6.45) is 3.39. The van der Waals surface area contributed by atoms with Gasteiger partial charge in [-0.25, -0.2) is 4.79 Å². The molecule has 1 rings (SSSR count). The van der Waals surface area contributed by atoms with Crippen molar-refractivity contribution in [1.29, 1.82) is 5.26 Å². The largest absolute Gasteiger partial charge is 0.477 e. The molecule has 0 saturated heterocycles. The minimum atomic E-state index is -1.21. The highest BCUT2D eigenvalue weighted by Crippen LogP contribution is 2.24. The van der Waals surface area contributed by atoms with E-state index in [1.165, 1.54) is 6.08 Å². The summed E-state index contributed by atoms with van der Waals surface area (Å²) in [5, 5.41) is 24.3. The fraction of sp³-hybridized carbons (Fsp3) is 0.375. The van der Waals surface area contributed by atoms with E-state index in [0.717, 1.165) is 37.3 Å². The molecule has 5 heteroatoms. The molecule has 5 nitrogen and oxygen atoms in total. The van der Waals surface area contributed by atoms with Crippen LogP contribution in [-0.4, -0.2) is 24.2 Å². The smallest absolute Gasteiger partial charge is 0.346 e. The Bertz CT molecular complexity index is 559. The zero-order chi connectivity index (χ0) is 15.7. The average molecular weight is 287 g/mol. The van der Waals surface area contributed by atoms with Crippen molar-refractivity contribution in [2.24, 2.45) is 0 Å². The van der Waals surface area contributed by atoms with Crippen molar-refractivity contribution in [3.8, 4) is 6.07 Å². The van der Waals surface area contributed by atoms with Crippen LogP contribution in [0.5, 0.6) is 0 Å². The Balaban J connectivity index is 3.08. The number of carbonyl (C=O) groups is 1. The van der Waals surface area contributed by atoms with Crippen LogP contribution >= 0.6 is 0 Å². The number of nitrogens with zero attached hydrogens (tertiary/aromatic N) is 1. The molecule has 1 aromatic carbocycles. The fourth-order valence-corrected chi connectivity index (χ4v) is 1.78. The van der Waals surface area contributed by atoms with Crippen molar-refractivity contribution in [3.63, 3.8) is 0 Å². The van der Waals surface area contributed by atoms with E-state index in [2.05, 4.69) is 24.5 Å². The van der Waals surface area contributed by atoms with Crippen molar-refractivity contribution in [1.82, 2.24) is 0 Å². The molecule has 1 aromatic rings. The lowest BCUT2D eigenvalue weighted by Crippen LogP contribution is -2.07. The number of carboxylic acids is 1. The lowest BCUT2D eigenvalue weighted by Gasteiger charge is -2.14. The Labute approximate surface area is 125 Å². The summed E-state index contributed by atoms with van der Waals surface area (Å²) in [6, 6.07) is 7.24. The van der Waals surface area contributed by atoms with Gasteiger partial charge in [0, 0.05) is 13.1 Å². The summed E-state index contributed by atoms with van der Waals surface area (Å²) in [6.45, 7) is 5.87. The summed E-state index contributed by atoms with van der Waals surface area (Å²) in [4.78, 5) is 10.9. The number of rotatable bonds is 8. The predicted molar refractivity (Wildman–Crippen MR) is 85.2 cm³/mol. The monoisotopic (exact) mass is 287 g/mol. The highest BCUT2D eigenvalue weighted by Gasteiger charge is 2.07. The first-order valence-electron chi connectivity index (χ1n) is 7.09. The topological polar surface area (TPSA) is 85.2 Å². The highest BCUT2D eigenvalue weighted by molar-refractivity contribution is 5.96. The van der Waals surface area contributed by atoms with E-state index in [0.29, 0.717) is 5.56 Å². The van der Waals surface area contributed by atoms with Crippen LogP contribution in [-0.2, 0) is 4.79 Å². The van der Waals surface area contributed by atoms with Crippen LogP contribution in [0.4, 0.5) is 11.4 Å². The van der Waals surface area contributed by atoms with Gasteiger partial charge in [-0.2, -0.15) is 5.26 Å². The van der Waals surface area contributed by atoms with Gasteiger partial charge in [0.25, 0.3) is 0 Å². The molecule has 0 aliphatic rings. The van der Waals surface area contributed by atoms with Gasteiger partial charge in [-0.1, -0.05) is 19.9 Å². The summed E-state index contributed by atoms with van der Waals surface area (Å²) < 4.78 is 0. The van der Waals surface area contributed by atoms with Gasteiger partial charge in [0.15, 0.2) is 0 Å². The fourth-order valence-electron chi connectivity index (χ4n) is 1.78. The van der Waals surface area contributed by atoms with Gasteiger partial charge in [0.1, 0.15) is 11.6 Å². The van der Waals surface area contributed by atoms with E-state index in [1.54, 1.807) is 12.1 Å². The van der Waals surface area contributed by atoms with Crippen LogP contribution in [0.3, 0.4) is 0 Å². The van der Waals surface area contributed by atoms with Crippen LogP contribution in [0.15, 0.2) is 23.8 Å². The minimum absolute atomic E-state index is 0.272. The third-order valence-corrected chi connectivity index (χ3v) is 2.84. The first-order valence-corrected chi connectivity index (χ1v) is 7.09. The molecule has 0 fully saturated rings. The van der Waals surface area contributed by atoms with Crippen LogP contribution in [0.1, 0.15) is 32.3 Å². The van der Waals surface area contributed by atoms with E-state index >= 15 is 0 Å². The normalized spacial score (nSPS) is 10.8. The van der Waals surface area contributed by atoms with Crippen molar-refractivity contribution in [2.75, 3.05) is 23.7 Å². The van der Waals surface area contributed by atoms with Crippen molar-refractivity contribution in [3.05, 3.63) is 29.3 Å². The van der Waals surface area contributed by atoms with E-state index < -0.39 is 5.97 Å². The van der Waals surface area contributed by atoms with Gasteiger partial charge in [-0.3, -0.25) is 0 Å². The number of aliphatic carboxylic acids is 1. The van der Waals surface area contributed by atoms with Crippen molar-refractivity contribution in [2.45, 2.75) is 26.7 Å². The SMILES string of the molecule is CCCNc1ccc(C=C(C#N)C(=O)O)cc1NCCC. The number of hydrogen-bond donors (Lipinski definition) is 3. The molecule has 0 amide bonds. The molecule has 0 aliphatic carbocycles. The van der Waals surface area contributed by atoms with Crippen LogP contribution in [0, 0.1) is 11.3 Å². The number of nitrogens with one attached hydrogen (secondary N) is 2. The second-order valence-electron chi connectivity index (χ2n) is 4.63. The number of anilines is 2. The standard InChI is InChI=1S/C16H21N3O2/c1-3-7-18-14-6-5-12(9-13(11-17)16(20)21)10-15(14)19-8-4-2/h5-6,9-10,18-19H,3-4,7-8H2,1-2H3,(H,20,21). The van der Waals surface area contributed by atoms with Gasteiger partial charge in [-0.05, 0) is 36.6 Å². The highest BCUT2D eigenvalue weighted by atomic mass is 16.4. The van der Waals surface area contributed by atoms with Gasteiger partial charge in [0.2, 0.25) is 0 Å². The molecule has 3 N–H and O–H groups in total.